The topological polar surface area (TPSA) is 90.4 Å². The van der Waals surface area contributed by atoms with Crippen molar-refractivity contribution in [3.8, 4) is 39.7 Å². The molecule has 38 heavy (non-hydrogen) atoms. The highest BCUT2D eigenvalue weighted by atomic mass is 19.4. The van der Waals surface area contributed by atoms with Crippen LogP contribution in [0.4, 0.5) is 19.2 Å². The molecule has 0 bridgehead atoms. The number of aryl methyl sites for hydroxylation is 1. The highest BCUT2D eigenvalue weighted by molar-refractivity contribution is 6.04. The molecule has 3 aromatic carbocycles. The molecule has 1 N–H and O–H groups in total. The van der Waals surface area contributed by atoms with Crippen molar-refractivity contribution in [2.24, 2.45) is 0 Å². The van der Waals surface area contributed by atoms with E-state index < -0.39 is 18.0 Å². The summed E-state index contributed by atoms with van der Waals surface area (Å²) in [5.74, 6) is -0.975. The van der Waals surface area contributed by atoms with Crippen LogP contribution in [-0.2, 0) is 6.42 Å². The zero-order valence-corrected chi connectivity index (χ0v) is 20.0. The molecular formula is C28H20F3N3O4. The number of anilines is 1. The second-order valence-electron chi connectivity index (χ2n) is 8.27. The van der Waals surface area contributed by atoms with Gasteiger partial charge in [-0.15, -0.1) is 18.3 Å². The third-order valence-corrected chi connectivity index (χ3v) is 5.69. The van der Waals surface area contributed by atoms with Crippen molar-refractivity contribution in [1.82, 2.24) is 10.2 Å². The number of ether oxygens (including phenoxy) is 1. The molecule has 0 aliphatic heterocycles. The van der Waals surface area contributed by atoms with Crippen molar-refractivity contribution in [2.45, 2.75) is 19.7 Å². The van der Waals surface area contributed by atoms with E-state index in [1.807, 2.05) is 36.4 Å². The van der Waals surface area contributed by atoms with Gasteiger partial charge in [0.05, 0.1) is 6.26 Å². The Balaban J connectivity index is 1.42. The van der Waals surface area contributed by atoms with Crippen molar-refractivity contribution in [3.05, 3.63) is 96.3 Å². The molecule has 0 spiro atoms. The van der Waals surface area contributed by atoms with Gasteiger partial charge in [-0.1, -0.05) is 60.6 Å². The maximum atomic E-state index is 13.0. The van der Waals surface area contributed by atoms with Crippen LogP contribution in [0, 0.1) is 0 Å². The predicted octanol–water partition coefficient (Wildman–Crippen LogP) is 7.38. The molecule has 0 aliphatic carbocycles. The van der Waals surface area contributed by atoms with Crippen LogP contribution >= 0.6 is 0 Å². The van der Waals surface area contributed by atoms with E-state index in [1.54, 1.807) is 24.3 Å². The third-order valence-electron chi connectivity index (χ3n) is 5.69. The first-order valence-corrected chi connectivity index (χ1v) is 11.6. The van der Waals surface area contributed by atoms with E-state index in [2.05, 4.69) is 27.2 Å². The summed E-state index contributed by atoms with van der Waals surface area (Å²) in [5, 5.41) is 9.90. The summed E-state index contributed by atoms with van der Waals surface area (Å²) in [6.07, 6.45) is -2.59. The van der Waals surface area contributed by atoms with Gasteiger partial charge in [-0.05, 0) is 64.6 Å². The van der Waals surface area contributed by atoms with Crippen LogP contribution in [0.2, 0.25) is 0 Å². The summed E-state index contributed by atoms with van der Waals surface area (Å²) in [5.41, 5.74) is 4.02. The molecule has 7 nitrogen and oxygen atoms in total. The first-order valence-electron chi connectivity index (χ1n) is 11.6. The number of nitrogens with one attached hydrogen (secondary N) is 1. The van der Waals surface area contributed by atoms with Crippen molar-refractivity contribution in [1.29, 1.82) is 0 Å². The number of halogens is 3. The Morgan fingerprint density at radius 1 is 0.895 bits per heavy atom. The number of benzene rings is 3. The average molecular weight is 519 g/mol. The van der Waals surface area contributed by atoms with E-state index in [1.165, 1.54) is 24.0 Å². The van der Waals surface area contributed by atoms with E-state index in [-0.39, 0.29) is 17.5 Å². The molecule has 0 saturated carbocycles. The van der Waals surface area contributed by atoms with E-state index in [0.29, 0.717) is 16.9 Å². The monoisotopic (exact) mass is 519 g/mol. The van der Waals surface area contributed by atoms with Gasteiger partial charge in [0.1, 0.15) is 5.75 Å². The van der Waals surface area contributed by atoms with Gasteiger partial charge in [-0.2, -0.15) is 0 Å². The van der Waals surface area contributed by atoms with Crippen LogP contribution in [0.5, 0.6) is 5.75 Å². The maximum Gasteiger partial charge on any atom is 0.573 e. The minimum atomic E-state index is -4.94. The molecule has 192 valence electrons. The number of amides is 1. The first-order chi connectivity index (χ1) is 18.3. The molecular weight excluding hydrogens is 499 g/mol. The summed E-state index contributed by atoms with van der Waals surface area (Å²) >= 11 is 0. The standard InChI is InChI=1S/C28H20F3N3O4/c1-2-17-5-7-18(8-6-17)19-9-11-20(12-10-19)21-14-22(16-23(15-21)38-28(29,30)31)25(35)32-27-34-33-26(37-27)24-4-3-13-36-24/h3-16H,2H2,1H3,(H,32,34,35). The lowest BCUT2D eigenvalue weighted by Crippen LogP contribution is -2.18. The van der Waals surface area contributed by atoms with Crippen molar-refractivity contribution in [3.63, 3.8) is 0 Å². The normalized spacial score (nSPS) is 11.4. The second-order valence-corrected chi connectivity index (χ2v) is 8.27. The summed E-state index contributed by atoms with van der Waals surface area (Å²) in [6.45, 7) is 2.08. The fourth-order valence-corrected chi connectivity index (χ4v) is 3.82. The van der Waals surface area contributed by atoms with Crippen LogP contribution < -0.4 is 10.1 Å². The lowest BCUT2D eigenvalue weighted by atomic mass is 9.98. The van der Waals surface area contributed by atoms with Crippen molar-refractivity contribution in [2.75, 3.05) is 5.32 Å². The number of alkyl halides is 3. The van der Waals surface area contributed by atoms with Crippen LogP contribution in [0.15, 0.2) is 94.0 Å². The number of nitrogens with zero attached hydrogens (tertiary/aromatic N) is 2. The van der Waals surface area contributed by atoms with Crippen LogP contribution in [-0.4, -0.2) is 22.5 Å². The van der Waals surface area contributed by atoms with Gasteiger partial charge in [0.15, 0.2) is 5.76 Å². The minimum absolute atomic E-state index is 0.0320. The molecule has 0 radical (unpaired) electrons. The second kappa shape index (κ2) is 10.3. The summed E-state index contributed by atoms with van der Waals surface area (Å²) in [6, 6.07) is 22.0. The number of aromatic nitrogens is 2. The van der Waals surface area contributed by atoms with Gasteiger partial charge < -0.3 is 13.6 Å². The van der Waals surface area contributed by atoms with Gasteiger partial charge in [-0.25, -0.2) is 0 Å². The van der Waals surface area contributed by atoms with E-state index >= 15 is 0 Å². The number of furan rings is 1. The predicted molar refractivity (Wildman–Crippen MR) is 133 cm³/mol. The molecule has 0 saturated heterocycles. The minimum Gasteiger partial charge on any atom is -0.459 e. The van der Waals surface area contributed by atoms with Gasteiger partial charge in [0.25, 0.3) is 11.8 Å². The van der Waals surface area contributed by atoms with Crippen LogP contribution in [0.25, 0.3) is 33.9 Å². The third kappa shape index (κ3) is 5.75. The fraction of sp³-hybridized carbons (Fsp3) is 0.107. The van der Waals surface area contributed by atoms with Crippen LogP contribution in [0.3, 0.4) is 0 Å². The Morgan fingerprint density at radius 3 is 2.16 bits per heavy atom. The Kier molecular flexibility index (Phi) is 6.69. The van der Waals surface area contributed by atoms with E-state index in [9.17, 15) is 18.0 Å². The fourth-order valence-electron chi connectivity index (χ4n) is 3.82. The molecule has 0 atom stereocenters. The molecule has 1 amide bonds. The SMILES string of the molecule is CCc1ccc(-c2ccc(-c3cc(OC(F)(F)F)cc(C(=O)Nc4nnc(-c5ccco5)o4)c3)cc2)cc1. The lowest BCUT2D eigenvalue weighted by Gasteiger charge is -2.13. The number of carbonyl (C=O) groups excluding carboxylic acids is 1. The van der Waals surface area contributed by atoms with Gasteiger partial charge in [0.2, 0.25) is 0 Å². The molecule has 0 unspecified atom stereocenters. The van der Waals surface area contributed by atoms with E-state index in [0.717, 1.165) is 23.6 Å². The molecule has 5 aromatic rings. The maximum absolute atomic E-state index is 13.0. The molecule has 2 aromatic heterocycles. The lowest BCUT2D eigenvalue weighted by molar-refractivity contribution is -0.274. The van der Waals surface area contributed by atoms with Crippen molar-refractivity contribution < 1.29 is 31.5 Å². The summed E-state index contributed by atoms with van der Waals surface area (Å²) < 4.78 is 53.7. The first kappa shape index (κ1) is 24.8. The van der Waals surface area contributed by atoms with Gasteiger partial charge in [0, 0.05) is 5.56 Å². The van der Waals surface area contributed by atoms with Crippen molar-refractivity contribution >= 4 is 11.9 Å². The number of carbonyl (C=O) groups is 1. The number of hydrogen-bond acceptors (Lipinski definition) is 6. The Labute approximate surface area is 214 Å². The smallest absolute Gasteiger partial charge is 0.459 e. The molecule has 10 heteroatoms. The zero-order valence-electron chi connectivity index (χ0n) is 20.0. The van der Waals surface area contributed by atoms with E-state index in [4.69, 9.17) is 8.83 Å². The largest absolute Gasteiger partial charge is 0.573 e. The molecule has 2 heterocycles. The number of rotatable bonds is 7. The average Bonchev–Trinajstić information content (AvgIpc) is 3.60. The molecule has 5 rings (SSSR count). The molecule has 0 aliphatic rings. The van der Waals surface area contributed by atoms with Crippen LogP contribution in [0.1, 0.15) is 22.8 Å². The Morgan fingerprint density at radius 2 is 1.55 bits per heavy atom. The van der Waals surface area contributed by atoms with Gasteiger partial charge >= 0.3 is 12.4 Å². The Bertz CT molecular complexity index is 1540. The highest BCUT2D eigenvalue weighted by Crippen LogP contribution is 2.32. The zero-order chi connectivity index (χ0) is 26.7. The Hall–Kier alpha value is -4.86. The molecule has 0 fully saturated rings. The number of hydrogen-bond donors (Lipinski definition) is 1. The van der Waals surface area contributed by atoms with Gasteiger partial charge in [-0.3, -0.25) is 10.1 Å². The quantitative estimate of drug-likeness (QED) is 0.241. The summed E-state index contributed by atoms with van der Waals surface area (Å²) in [7, 11) is 0. The highest BCUT2D eigenvalue weighted by Gasteiger charge is 2.31. The summed E-state index contributed by atoms with van der Waals surface area (Å²) in [4.78, 5) is 12.9.